The van der Waals surface area contributed by atoms with Gasteiger partial charge in [-0.25, -0.2) is 4.79 Å². The number of likely N-dealkylation sites (tertiary alicyclic amines) is 2. The van der Waals surface area contributed by atoms with Crippen molar-refractivity contribution in [3.63, 3.8) is 0 Å². The highest BCUT2D eigenvalue weighted by molar-refractivity contribution is 6.00. The van der Waals surface area contributed by atoms with Crippen LogP contribution < -0.4 is 48.7 Å². The molecule has 0 unspecified atom stereocenters. The summed E-state index contributed by atoms with van der Waals surface area (Å²) < 4.78 is 0. The highest BCUT2D eigenvalue weighted by Crippen LogP contribution is 2.22. The molecule has 5 rings (SSSR count). The highest BCUT2D eigenvalue weighted by atomic mass is 16.4. The SMILES string of the molecule is C[C@H](NC(=O)[C@@H]1CCC(=O)N1)C(=O)N[C@@H](CC(=O)O)C(=O)N1CCC[C@H]1C(=O)N[C@@H](CC(N)=O)C(=O)N[C@@H](CCCCN)C(=O)N[C@@H](Cc1ccccc1)C(=O)N[C@@H](Cc1ccc(O)cc1)C(=O)N1CCC[C@H]1C(=O)O. The molecular weight excluding hydrogens is 995 g/mol. The van der Waals surface area contributed by atoms with Crippen LogP contribution in [0.5, 0.6) is 5.75 Å². The van der Waals surface area contributed by atoms with Crippen LogP contribution >= 0.6 is 0 Å². The molecule has 0 spiro atoms. The molecule has 2 aromatic rings. The Morgan fingerprint density at radius 3 is 1.79 bits per heavy atom. The fourth-order valence-electron chi connectivity index (χ4n) is 9.24. The van der Waals surface area contributed by atoms with Gasteiger partial charge in [0, 0.05) is 32.4 Å². The normalized spacial score (nSPS) is 19.3. The van der Waals surface area contributed by atoms with Crippen molar-refractivity contribution in [2.24, 2.45) is 11.5 Å². The molecule has 2 aromatic carbocycles. The van der Waals surface area contributed by atoms with E-state index in [4.69, 9.17) is 11.5 Å². The van der Waals surface area contributed by atoms with E-state index in [2.05, 4.69) is 37.2 Å². The van der Waals surface area contributed by atoms with Crippen molar-refractivity contribution in [2.75, 3.05) is 19.6 Å². The minimum Gasteiger partial charge on any atom is -0.508 e. The third kappa shape index (κ3) is 16.9. The van der Waals surface area contributed by atoms with Crippen molar-refractivity contribution in [3.8, 4) is 5.75 Å². The number of rotatable bonds is 27. The zero-order valence-electron chi connectivity index (χ0n) is 42.0. The summed E-state index contributed by atoms with van der Waals surface area (Å²) in [5.74, 6) is -11.2. The molecule has 10 amide bonds. The summed E-state index contributed by atoms with van der Waals surface area (Å²) in [6, 6.07) is 2.00. The summed E-state index contributed by atoms with van der Waals surface area (Å²) in [7, 11) is 0. The molecule has 3 heterocycles. The fourth-order valence-corrected chi connectivity index (χ4v) is 9.24. The number of amides is 10. The summed E-state index contributed by atoms with van der Waals surface area (Å²) in [5.41, 5.74) is 12.4. The molecule has 0 saturated carbocycles. The molecule has 3 aliphatic heterocycles. The number of nitrogens with zero attached hydrogens (tertiary/aromatic N) is 2. The molecule has 0 bridgehead atoms. The van der Waals surface area contributed by atoms with E-state index in [1.165, 1.54) is 36.1 Å². The number of nitrogens with one attached hydrogen (secondary N) is 7. The van der Waals surface area contributed by atoms with Crippen LogP contribution in [0.2, 0.25) is 0 Å². The number of primary amides is 1. The number of carbonyl (C=O) groups excluding carboxylic acids is 10. The van der Waals surface area contributed by atoms with Crippen LogP contribution in [0, 0.1) is 0 Å². The van der Waals surface area contributed by atoms with Crippen molar-refractivity contribution in [1.29, 1.82) is 0 Å². The predicted octanol–water partition coefficient (Wildman–Crippen LogP) is -3.07. The Balaban J connectivity index is 1.33. The number of unbranched alkanes of at least 4 members (excludes halogenated alkanes) is 1. The number of nitrogens with two attached hydrogens (primary N) is 2. The Morgan fingerprint density at radius 1 is 0.632 bits per heavy atom. The van der Waals surface area contributed by atoms with Gasteiger partial charge in [0.1, 0.15) is 60.1 Å². The van der Waals surface area contributed by atoms with Gasteiger partial charge < -0.3 is 73.8 Å². The molecule has 412 valence electrons. The number of hydrogen-bond donors (Lipinski definition) is 12. The first-order valence-electron chi connectivity index (χ1n) is 25.1. The van der Waals surface area contributed by atoms with E-state index in [1.54, 1.807) is 30.3 Å². The summed E-state index contributed by atoms with van der Waals surface area (Å²) in [4.78, 5) is 161. The molecule has 26 heteroatoms. The summed E-state index contributed by atoms with van der Waals surface area (Å²) >= 11 is 0. The zero-order valence-corrected chi connectivity index (χ0v) is 42.0. The second-order valence-electron chi connectivity index (χ2n) is 19.0. The van der Waals surface area contributed by atoms with Gasteiger partial charge in [-0.2, -0.15) is 0 Å². The Labute approximate surface area is 437 Å². The Hall–Kier alpha value is -8.16. The van der Waals surface area contributed by atoms with E-state index < -0.39 is 132 Å². The molecule has 3 fully saturated rings. The van der Waals surface area contributed by atoms with Crippen LogP contribution in [0.25, 0.3) is 0 Å². The third-order valence-corrected chi connectivity index (χ3v) is 13.2. The van der Waals surface area contributed by atoms with Crippen molar-refractivity contribution in [2.45, 2.75) is 145 Å². The maximum Gasteiger partial charge on any atom is 0.326 e. The molecule has 14 N–H and O–H groups in total. The standard InChI is InChI=1S/C50H67N11O15/c1-27(53-43(68)32-18-19-40(64)54-32)42(67)58-36(26-41(65)66)49(74)60-21-7-12-37(60)47(72)57-34(25-39(52)63)46(71)55-31(11-5-6-20-51)44(69)56-33(23-28-9-3-2-4-10-28)45(70)59-35(24-29-14-16-30(62)17-15-29)48(73)61-22-8-13-38(61)50(75)76/h2-4,9-10,14-17,27,31-38,62H,5-8,11-13,18-26,51H2,1H3,(H2,52,63)(H,53,68)(H,54,64)(H,55,71)(H,56,69)(H,57,72)(H,58,67)(H,59,70)(H,65,66)(H,75,76)/t27-,31-,32-,33-,34-,35-,36-,37-,38-/m0/s1. The highest BCUT2D eigenvalue weighted by Gasteiger charge is 2.42. The number of hydrogen-bond acceptors (Lipinski definition) is 14. The topological polar surface area (TPSA) is 408 Å². The van der Waals surface area contributed by atoms with E-state index in [-0.39, 0.29) is 89.1 Å². The van der Waals surface area contributed by atoms with Gasteiger partial charge in [0.2, 0.25) is 59.1 Å². The van der Waals surface area contributed by atoms with Crippen LogP contribution in [0.15, 0.2) is 54.6 Å². The lowest BCUT2D eigenvalue weighted by atomic mass is 10.0. The van der Waals surface area contributed by atoms with E-state index in [1.807, 2.05) is 0 Å². The fraction of sp³-hybridized carbons (Fsp3) is 0.520. The Morgan fingerprint density at radius 2 is 1.18 bits per heavy atom. The summed E-state index contributed by atoms with van der Waals surface area (Å²) in [6.07, 6.45) is -0.281. The number of phenolic OH excluding ortho intramolecular Hbond substituents is 1. The number of phenols is 1. The first-order valence-corrected chi connectivity index (χ1v) is 25.1. The molecule has 26 nitrogen and oxygen atoms in total. The van der Waals surface area contributed by atoms with E-state index in [0.29, 0.717) is 24.0 Å². The second kappa shape index (κ2) is 27.9. The van der Waals surface area contributed by atoms with Crippen LogP contribution in [-0.2, 0) is 70.4 Å². The van der Waals surface area contributed by atoms with E-state index >= 15 is 0 Å². The number of carboxylic acids is 2. The number of aliphatic carboxylic acids is 2. The van der Waals surface area contributed by atoms with Crippen molar-refractivity contribution >= 4 is 71.0 Å². The lowest BCUT2D eigenvalue weighted by Gasteiger charge is -2.30. The number of carbonyl (C=O) groups is 12. The maximum atomic E-state index is 14.4. The molecule has 9 atom stereocenters. The second-order valence-corrected chi connectivity index (χ2v) is 19.0. The van der Waals surface area contributed by atoms with Crippen molar-refractivity contribution < 1.29 is 72.9 Å². The average molecular weight is 1060 g/mol. The Kier molecular flexibility index (Phi) is 21.6. The summed E-state index contributed by atoms with van der Waals surface area (Å²) in [6.45, 7) is 1.51. The lowest BCUT2D eigenvalue weighted by molar-refractivity contribution is -0.149. The molecule has 3 saturated heterocycles. The molecule has 0 radical (unpaired) electrons. The molecule has 0 aromatic heterocycles. The number of carboxylic acid groups (broad SMARTS) is 2. The van der Waals surface area contributed by atoms with E-state index in [0.717, 1.165) is 4.90 Å². The largest absolute Gasteiger partial charge is 0.508 e. The number of benzene rings is 2. The monoisotopic (exact) mass is 1060 g/mol. The molecule has 3 aliphatic rings. The van der Waals surface area contributed by atoms with Crippen molar-refractivity contribution in [1.82, 2.24) is 47.0 Å². The van der Waals surface area contributed by atoms with Crippen LogP contribution in [-0.4, -0.2) is 170 Å². The van der Waals surface area contributed by atoms with Gasteiger partial charge in [-0.3, -0.25) is 52.7 Å². The molecular formula is C50H67N11O15. The zero-order chi connectivity index (χ0) is 55.6. The van der Waals surface area contributed by atoms with Crippen LogP contribution in [0.1, 0.15) is 88.7 Å². The Bertz CT molecular complexity index is 2480. The van der Waals surface area contributed by atoms with Gasteiger partial charge in [0.25, 0.3) is 0 Å². The maximum absolute atomic E-state index is 14.4. The quantitative estimate of drug-likeness (QED) is 0.0395. The number of aromatic hydroxyl groups is 1. The minimum absolute atomic E-state index is 0.00431. The average Bonchev–Trinajstić information content (AvgIpc) is 4.18. The van der Waals surface area contributed by atoms with Crippen LogP contribution in [0.4, 0.5) is 0 Å². The van der Waals surface area contributed by atoms with Gasteiger partial charge in [0.15, 0.2) is 0 Å². The van der Waals surface area contributed by atoms with Crippen LogP contribution in [0.3, 0.4) is 0 Å². The van der Waals surface area contributed by atoms with E-state index in [9.17, 15) is 72.9 Å². The van der Waals surface area contributed by atoms with Gasteiger partial charge in [-0.05, 0) is 88.1 Å². The van der Waals surface area contributed by atoms with Crippen molar-refractivity contribution in [3.05, 3.63) is 65.7 Å². The molecule has 0 aliphatic carbocycles. The van der Waals surface area contributed by atoms with Gasteiger partial charge in [-0.15, -0.1) is 0 Å². The van der Waals surface area contributed by atoms with Gasteiger partial charge in [-0.1, -0.05) is 42.5 Å². The molecule has 76 heavy (non-hydrogen) atoms. The van der Waals surface area contributed by atoms with Gasteiger partial charge >= 0.3 is 11.9 Å². The summed E-state index contributed by atoms with van der Waals surface area (Å²) in [5, 5.41) is 47.0. The minimum atomic E-state index is -1.74. The van der Waals surface area contributed by atoms with Gasteiger partial charge in [0.05, 0.1) is 12.8 Å². The lowest BCUT2D eigenvalue weighted by Crippen LogP contribution is -2.60. The first kappa shape index (κ1) is 58.7. The smallest absolute Gasteiger partial charge is 0.326 e. The first-order chi connectivity index (χ1) is 36.1. The third-order valence-electron chi connectivity index (χ3n) is 13.2. The predicted molar refractivity (Wildman–Crippen MR) is 266 cm³/mol.